The molecule has 2 amide bonds. The van der Waals surface area contributed by atoms with E-state index in [9.17, 15) is 9.59 Å². The molecule has 3 heterocycles. The topological polar surface area (TPSA) is 75.2 Å². The number of benzene rings is 1. The third-order valence-corrected chi connectivity index (χ3v) is 5.50. The second-order valence-corrected chi connectivity index (χ2v) is 7.94. The molecule has 7 heteroatoms. The van der Waals surface area contributed by atoms with Crippen LogP contribution in [0.3, 0.4) is 0 Å². The number of pyridine rings is 2. The van der Waals surface area contributed by atoms with Crippen molar-refractivity contribution in [2.75, 3.05) is 19.6 Å². The van der Waals surface area contributed by atoms with Crippen LogP contribution >= 0.6 is 15.9 Å². The largest absolute Gasteiger partial charge is 0.352 e. The molecule has 0 aliphatic carbocycles. The van der Waals surface area contributed by atoms with Crippen LogP contribution in [0.5, 0.6) is 0 Å². The van der Waals surface area contributed by atoms with Gasteiger partial charge in [-0.3, -0.25) is 14.6 Å². The maximum absolute atomic E-state index is 13.0. The molecule has 0 radical (unpaired) electrons. The lowest BCUT2D eigenvalue weighted by atomic mass is 10.1. The Kier molecular flexibility index (Phi) is 5.85. The molecule has 148 valence electrons. The first-order valence-electron chi connectivity index (χ1n) is 9.69. The zero-order valence-corrected chi connectivity index (χ0v) is 17.5. The molecule has 2 aromatic heterocycles. The number of halogens is 1. The summed E-state index contributed by atoms with van der Waals surface area (Å²) < 4.78 is 0.888. The fourth-order valence-corrected chi connectivity index (χ4v) is 3.90. The summed E-state index contributed by atoms with van der Waals surface area (Å²) in [5, 5.41) is 3.77. The summed E-state index contributed by atoms with van der Waals surface area (Å²) in [6.07, 6.45) is 4.01. The van der Waals surface area contributed by atoms with Crippen LogP contribution in [0.1, 0.15) is 29.6 Å². The van der Waals surface area contributed by atoms with Gasteiger partial charge < -0.3 is 10.2 Å². The van der Waals surface area contributed by atoms with Crippen molar-refractivity contribution in [3.63, 3.8) is 0 Å². The van der Waals surface area contributed by atoms with Gasteiger partial charge in [-0.1, -0.05) is 22.0 Å². The molecule has 1 aliphatic heterocycles. The average molecular weight is 453 g/mol. The van der Waals surface area contributed by atoms with Crippen LogP contribution in [0, 0.1) is 0 Å². The molecule has 1 saturated heterocycles. The van der Waals surface area contributed by atoms with Crippen LogP contribution < -0.4 is 5.32 Å². The monoisotopic (exact) mass is 452 g/mol. The van der Waals surface area contributed by atoms with Gasteiger partial charge in [0.15, 0.2) is 0 Å². The molecule has 6 nitrogen and oxygen atoms in total. The molecule has 0 spiro atoms. The lowest BCUT2D eigenvalue weighted by Gasteiger charge is -2.15. The van der Waals surface area contributed by atoms with E-state index in [0.29, 0.717) is 30.8 Å². The third-order valence-electron chi connectivity index (χ3n) is 5.00. The van der Waals surface area contributed by atoms with Crippen LogP contribution in [0.2, 0.25) is 0 Å². The molecular weight excluding hydrogens is 432 g/mol. The van der Waals surface area contributed by atoms with Crippen LogP contribution in [-0.2, 0) is 4.79 Å². The van der Waals surface area contributed by atoms with Gasteiger partial charge in [-0.15, -0.1) is 0 Å². The number of hydrogen-bond donors (Lipinski definition) is 1. The van der Waals surface area contributed by atoms with Gasteiger partial charge in [-0.25, -0.2) is 4.98 Å². The number of aromatic nitrogens is 2. The number of likely N-dealkylation sites (tertiary alicyclic amines) is 1. The summed E-state index contributed by atoms with van der Waals surface area (Å²) >= 11 is 3.48. The lowest BCUT2D eigenvalue weighted by molar-refractivity contribution is -0.127. The van der Waals surface area contributed by atoms with Crippen molar-refractivity contribution in [3.05, 3.63) is 58.7 Å². The minimum absolute atomic E-state index is 0.152. The maximum atomic E-state index is 13.0. The second kappa shape index (κ2) is 8.69. The van der Waals surface area contributed by atoms with Gasteiger partial charge in [0, 0.05) is 42.1 Å². The highest BCUT2D eigenvalue weighted by molar-refractivity contribution is 9.10. The normalized spacial score (nSPS) is 13.8. The van der Waals surface area contributed by atoms with Crippen LogP contribution in [0.15, 0.2) is 53.1 Å². The summed E-state index contributed by atoms with van der Waals surface area (Å²) in [4.78, 5) is 35.6. The number of amides is 2. The summed E-state index contributed by atoms with van der Waals surface area (Å²) in [6, 6.07) is 13.1. The Bertz CT molecular complexity index is 1060. The number of fused-ring (bicyclic) bond motifs is 1. The molecular formula is C22H21BrN4O2. The van der Waals surface area contributed by atoms with Gasteiger partial charge in [0.05, 0.1) is 22.5 Å². The molecule has 4 rings (SSSR count). The molecule has 0 unspecified atom stereocenters. The van der Waals surface area contributed by atoms with Crippen molar-refractivity contribution >= 4 is 38.6 Å². The van der Waals surface area contributed by atoms with Gasteiger partial charge in [-0.05, 0) is 49.2 Å². The highest BCUT2D eigenvalue weighted by Gasteiger charge is 2.19. The first-order chi connectivity index (χ1) is 14.1. The smallest absolute Gasteiger partial charge is 0.252 e. The van der Waals surface area contributed by atoms with E-state index in [1.54, 1.807) is 12.3 Å². The van der Waals surface area contributed by atoms with E-state index in [-0.39, 0.29) is 11.8 Å². The number of carbonyl (C=O) groups is 2. The summed E-state index contributed by atoms with van der Waals surface area (Å²) in [5.74, 6) is 0.0572. The Balaban J connectivity index is 1.55. The van der Waals surface area contributed by atoms with E-state index in [4.69, 9.17) is 0 Å². The van der Waals surface area contributed by atoms with Crippen LogP contribution in [0.25, 0.3) is 22.3 Å². The number of hydrogen-bond acceptors (Lipinski definition) is 4. The van der Waals surface area contributed by atoms with Crippen molar-refractivity contribution in [3.8, 4) is 11.4 Å². The SMILES string of the molecule is O=C(NCCCN1CCCC1=O)c1cc(-c2ccccn2)nc2ccc(Br)cc12. The van der Waals surface area contributed by atoms with E-state index in [1.165, 1.54) is 0 Å². The molecule has 1 aliphatic rings. The fraction of sp³-hybridized carbons (Fsp3) is 0.273. The molecule has 1 N–H and O–H groups in total. The predicted molar refractivity (Wildman–Crippen MR) is 115 cm³/mol. The third kappa shape index (κ3) is 4.45. The average Bonchev–Trinajstić information content (AvgIpc) is 3.15. The first-order valence-corrected chi connectivity index (χ1v) is 10.5. The molecule has 1 aromatic carbocycles. The van der Waals surface area contributed by atoms with Gasteiger partial charge in [-0.2, -0.15) is 0 Å². The van der Waals surface area contributed by atoms with Gasteiger partial charge in [0.1, 0.15) is 0 Å². The Labute approximate surface area is 177 Å². The fourth-order valence-electron chi connectivity index (χ4n) is 3.54. The predicted octanol–water partition coefficient (Wildman–Crippen LogP) is 3.80. The summed E-state index contributed by atoms with van der Waals surface area (Å²) in [7, 11) is 0. The number of carbonyl (C=O) groups excluding carboxylic acids is 2. The summed E-state index contributed by atoms with van der Waals surface area (Å²) in [5.41, 5.74) is 2.69. The van der Waals surface area contributed by atoms with Gasteiger partial charge >= 0.3 is 0 Å². The van der Waals surface area contributed by atoms with E-state index in [2.05, 4.69) is 31.2 Å². The molecule has 0 atom stereocenters. The molecule has 3 aromatic rings. The van der Waals surface area contributed by atoms with Crippen molar-refractivity contribution in [2.45, 2.75) is 19.3 Å². The molecule has 0 bridgehead atoms. The highest BCUT2D eigenvalue weighted by atomic mass is 79.9. The van der Waals surface area contributed by atoms with E-state index in [1.807, 2.05) is 41.3 Å². The number of nitrogens with one attached hydrogen (secondary N) is 1. The van der Waals surface area contributed by atoms with Gasteiger partial charge in [0.2, 0.25) is 5.91 Å². The lowest BCUT2D eigenvalue weighted by Crippen LogP contribution is -2.30. The highest BCUT2D eigenvalue weighted by Crippen LogP contribution is 2.26. The Morgan fingerprint density at radius 3 is 2.83 bits per heavy atom. The minimum atomic E-state index is -0.152. The standard InChI is InChI=1S/C22H21BrN4O2/c23-15-7-8-18-16(13-15)17(14-20(26-18)19-5-1-2-9-24-19)22(29)25-10-4-12-27-11-3-6-21(27)28/h1-2,5,7-9,13-14H,3-4,6,10-12H2,(H,25,29). The van der Waals surface area contributed by atoms with Crippen molar-refractivity contribution in [1.82, 2.24) is 20.2 Å². The Morgan fingerprint density at radius 2 is 2.07 bits per heavy atom. The number of nitrogens with zero attached hydrogens (tertiary/aromatic N) is 3. The van der Waals surface area contributed by atoms with E-state index >= 15 is 0 Å². The first kappa shape index (κ1) is 19.5. The van der Waals surface area contributed by atoms with Crippen LogP contribution in [-0.4, -0.2) is 46.3 Å². The van der Waals surface area contributed by atoms with Crippen LogP contribution in [0.4, 0.5) is 0 Å². The minimum Gasteiger partial charge on any atom is -0.352 e. The quantitative estimate of drug-likeness (QED) is 0.577. The molecule has 0 saturated carbocycles. The van der Waals surface area contributed by atoms with Crippen molar-refractivity contribution < 1.29 is 9.59 Å². The van der Waals surface area contributed by atoms with Crippen molar-refractivity contribution in [1.29, 1.82) is 0 Å². The van der Waals surface area contributed by atoms with E-state index < -0.39 is 0 Å². The Morgan fingerprint density at radius 1 is 1.17 bits per heavy atom. The molecule has 29 heavy (non-hydrogen) atoms. The zero-order valence-electron chi connectivity index (χ0n) is 15.9. The Hall–Kier alpha value is -2.80. The maximum Gasteiger partial charge on any atom is 0.252 e. The van der Waals surface area contributed by atoms with E-state index in [0.717, 1.165) is 40.5 Å². The second-order valence-electron chi connectivity index (χ2n) is 7.03. The zero-order chi connectivity index (χ0) is 20.2. The molecule has 1 fully saturated rings. The van der Waals surface area contributed by atoms with Crippen molar-refractivity contribution in [2.24, 2.45) is 0 Å². The van der Waals surface area contributed by atoms with Gasteiger partial charge in [0.25, 0.3) is 5.91 Å². The summed E-state index contributed by atoms with van der Waals surface area (Å²) in [6.45, 7) is 2.02. The number of rotatable bonds is 6.